The lowest BCUT2D eigenvalue weighted by atomic mass is 10.2. The minimum absolute atomic E-state index is 0.0665. The predicted molar refractivity (Wildman–Crippen MR) is 100.0 cm³/mol. The molecule has 1 aliphatic heterocycles. The molecule has 0 radical (unpaired) electrons. The van der Waals surface area contributed by atoms with E-state index in [1.165, 1.54) is 14.2 Å². The first-order valence-electron chi connectivity index (χ1n) is 7.50. The van der Waals surface area contributed by atoms with Gasteiger partial charge in [-0.05, 0) is 24.3 Å². The summed E-state index contributed by atoms with van der Waals surface area (Å²) in [6.45, 7) is 0. The Labute approximate surface area is 159 Å². The smallest absolute Gasteiger partial charge is 0.283 e. The number of nitrogens with zero attached hydrogens (tertiary/aromatic N) is 1. The van der Waals surface area contributed by atoms with Crippen LogP contribution in [0.4, 0.5) is 11.4 Å². The van der Waals surface area contributed by atoms with Gasteiger partial charge in [0.15, 0.2) is 0 Å². The number of hydrogen-bond donors (Lipinski definition) is 1. The number of imide groups is 1. The van der Waals surface area contributed by atoms with Crippen LogP contribution in [-0.4, -0.2) is 26.0 Å². The van der Waals surface area contributed by atoms with E-state index in [9.17, 15) is 9.59 Å². The van der Waals surface area contributed by atoms with Crippen LogP contribution in [0.3, 0.4) is 0 Å². The van der Waals surface area contributed by atoms with Crippen molar-refractivity contribution in [3.63, 3.8) is 0 Å². The van der Waals surface area contributed by atoms with Crippen molar-refractivity contribution < 1.29 is 19.1 Å². The van der Waals surface area contributed by atoms with Gasteiger partial charge in [0.05, 0.1) is 30.6 Å². The number of ether oxygens (including phenoxy) is 2. The van der Waals surface area contributed by atoms with Crippen LogP contribution in [0.15, 0.2) is 53.2 Å². The summed E-state index contributed by atoms with van der Waals surface area (Å²) in [7, 11) is 3.00. The monoisotopic (exact) mass is 392 g/mol. The molecule has 2 aromatic carbocycles. The summed E-state index contributed by atoms with van der Waals surface area (Å²) in [5.74, 6) is -0.268. The van der Waals surface area contributed by atoms with Crippen molar-refractivity contribution in [2.75, 3.05) is 24.4 Å². The summed E-state index contributed by atoms with van der Waals surface area (Å²) in [5, 5.41) is 2.90. The van der Waals surface area contributed by atoms with Crippen LogP contribution in [0, 0.1) is 0 Å². The van der Waals surface area contributed by atoms with Gasteiger partial charge in [0.25, 0.3) is 11.8 Å². The standard InChI is InChI=1S/C18H14Cl2N2O4/c1-25-10-7-8-14(26-2)12(9-10)21-16-15(20)17(23)22(18(16)24)13-6-4-3-5-11(13)19/h3-9,21H,1-2H3. The second-order valence-corrected chi connectivity index (χ2v) is 6.06. The van der Waals surface area contributed by atoms with Crippen molar-refractivity contribution in [3.8, 4) is 11.5 Å². The molecule has 2 aromatic rings. The molecule has 134 valence electrons. The van der Waals surface area contributed by atoms with Gasteiger partial charge in [-0.1, -0.05) is 35.3 Å². The van der Waals surface area contributed by atoms with Gasteiger partial charge in [0.1, 0.15) is 22.2 Å². The third-order valence-corrected chi connectivity index (χ3v) is 4.46. The number of anilines is 2. The van der Waals surface area contributed by atoms with Gasteiger partial charge < -0.3 is 14.8 Å². The maximum atomic E-state index is 12.8. The van der Waals surface area contributed by atoms with Crippen LogP contribution in [0.5, 0.6) is 11.5 Å². The van der Waals surface area contributed by atoms with Crippen LogP contribution < -0.4 is 19.7 Å². The SMILES string of the molecule is COc1ccc(OC)c(NC2=C(Cl)C(=O)N(c3ccccc3Cl)C2=O)c1. The summed E-state index contributed by atoms with van der Waals surface area (Å²) in [6, 6.07) is 11.5. The first-order valence-corrected chi connectivity index (χ1v) is 8.25. The van der Waals surface area contributed by atoms with Crippen molar-refractivity contribution in [1.82, 2.24) is 0 Å². The number of methoxy groups -OCH3 is 2. The fourth-order valence-corrected chi connectivity index (χ4v) is 2.94. The third-order valence-electron chi connectivity index (χ3n) is 3.79. The Kier molecular flexibility index (Phi) is 5.06. The fraction of sp³-hybridized carbons (Fsp3) is 0.111. The molecule has 0 saturated carbocycles. The summed E-state index contributed by atoms with van der Waals surface area (Å²) < 4.78 is 10.4. The highest BCUT2D eigenvalue weighted by molar-refractivity contribution is 6.53. The molecule has 0 atom stereocenters. The molecule has 1 heterocycles. The molecule has 6 nitrogen and oxygen atoms in total. The van der Waals surface area contributed by atoms with E-state index in [2.05, 4.69) is 5.32 Å². The molecular weight excluding hydrogens is 379 g/mol. The highest BCUT2D eigenvalue weighted by atomic mass is 35.5. The van der Waals surface area contributed by atoms with Crippen molar-refractivity contribution in [2.45, 2.75) is 0 Å². The Morgan fingerprint density at radius 1 is 0.962 bits per heavy atom. The molecule has 0 spiro atoms. The molecule has 0 saturated heterocycles. The second kappa shape index (κ2) is 7.27. The Balaban J connectivity index is 1.98. The minimum atomic E-state index is -0.658. The van der Waals surface area contributed by atoms with Crippen molar-refractivity contribution in [3.05, 3.63) is 58.2 Å². The zero-order valence-corrected chi connectivity index (χ0v) is 15.4. The topological polar surface area (TPSA) is 67.9 Å². The number of benzene rings is 2. The minimum Gasteiger partial charge on any atom is -0.497 e. The molecule has 8 heteroatoms. The summed E-state index contributed by atoms with van der Waals surface area (Å²) in [5.41, 5.74) is 0.627. The maximum Gasteiger partial charge on any atom is 0.283 e. The van der Waals surface area contributed by atoms with Crippen LogP contribution in [-0.2, 0) is 9.59 Å². The van der Waals surface area contributed by atoms with Gasteiger partial charge in [-0.25, -0.2) is 4.90 Å². The van der Waals surface area contributed by atoms with Crippen molar-refractivity contribution >= 4 is 46.4 Å². The molecule has 0 bridgehead atoms. The van der Waals surface area contributed by atoms with Gasteiger partial charge in [-0.3, -0.25) is 9.59 Å². The highest BCUT2D eigenvalue weighted by Gasteiger charge is 2.40. The van der Waals surface area contributed by atoms with E-state index in [1.807, 2.05) is 0 Å². The third kappa shape index (κ3) is 3.09. The molecule has 2 amide bonds. The first kappa shape index (κ1) is 18.1. The molecule has 0 unspecified atom stereocenters. The van der Waals surface area contributed by atoms with Crippen molar-refractivity contribution in [2.24, 2.45) is 0 Å². The van der Waals surface area contributed by atoms with E-state index in [0.29, 0.717) is 17.2 Å². The first-order chi connectivity index (χ1) is 12.5. The molecule has 26 heavy (non-hydrogen) atoms. The van der Waals surface area contributed by atoms with Crippen LogP contribution >= 0.6 is 23.2 Å². The molecule has 3 rings (SSSR count). The lowest BCUT2D eigenvalue weighted by molar-refractivity contribution is -0.120. The second-order valence-electron chi connectivity index (χ2n) is 5.28. The predicted octanol–water partition coefficient (Wildman–Crippen LogP) is 3.79. The van der Waals surface area contributed by atoms with E-state index in [1.54, 1.807) is 42.5 Å². The Bertz CT molecular complexity index is 927. The Morgan fingerprint density at radius 2 is 1.69 bits per heavy atom. The van der Waals surface area contributed by atoms with Crippen LogP contribution in [0.25, 0.3) is 0 Å². The van der Waals surface area contributed by atoms with E-state index in [-0.39, 0.29) is 21.4 Å². The van der Waals surface area contributed by atoms with E-state index in [4.69, 9.17) is 32.7 Å². The maximum absolute atomic E-state index is 12.8. The normalized spacial score (nSPS) is 14.1. The lowest BCUT2D eigenvalue weighted by Gasteiger charge is -2.17. The number of hydrogen-bond acceptors (Lipinski definition) is 5. The zero-order valence-electron chi connectivity index (χ0n) is 13.9. The summed E-state index contributed by atoms with van der Waals surface area (Å²) >= 11 is 12.2. The summed E-state index contributed by atoms with van der Waals surface area (Å²) in [6.07, 6.45) is 0. The van der Waals surface area contributed by atoms with Gasteiger partial charge >= 0.3 is 0 Å². The fourth-order valence-electron chi connectivity index (χ4n) is 2.51. The largest absolute Gasteiger partial charge is 0.497 e. The average Bonchev–Trinajstić information content (AvgIpc) is 2.86. The number of carbonyl (C=O) groups excluding carboxylic acids is 2. The van der Waals surface area contributed by atoms with E-state index >= 15 is 0 Å². The lowest BCUT2D eigenvalue weighted by Crippen LogP contribution is -2.32. The van der Waals surface area contributed by atoms with Gasteiger partial charge in [-0.15, -0.1) is 0 Å². The highest BCUT2D eigenvalue weighted by Crippen LogP contribution is 2.36. The summed E-state index contributed by atoms with van der Waals surface area (Å²) in [4.78, 5) is 26.2. The average molecular weight is 393 g/mol. The number of rotatable bonds is 5. The van der Waals surface area contributed by atoms with E-state index in [0.717, 1.165) is 4.90 Å². The van der Waals surface area contributed by atoms with Crippen molar-refractivity contribution in [1.29, 1.82) is 0 Å². The molecule has 1 N–H and O–H groups in total. The van der Waals surface area contributed by atoms with Crippen LogP contribution in [0.1, 0.15) is 0 Å². The zero-order chi connectivity index (χ0) is 18.8. The number of carbonyl (C=O) groups is 2. The van der Waals surface area contributed by atoms with Gasteiger partial charge in [-0.2, -0.15) is 0 Å². The van der Waals surface area contributed by atoms with E-state index < -0.39 is 11.8 Å². The number of para-hydroxylation sites is 1. The quantitative estimate of drug-likeness (QED) is 0.783. The molecular formula is C18H14Cl2N2O4. The number of nitrogens with one attached hydrogen (secondary N) is 1. The van der Waals surface area contributed by atoms with Crippen LogP contribution in [0.2, 0.25) is 5.02 Å². The number of amides is 2. The molecule has 0 fully saturated rings. The number of halogens is 2. The Morgan fingerprint density at radius 3 is 2.35 bits per heavy atom. The molecule has 0 aliphatic carbocycles. The molecule has 0 aromatic heterocycles. The molecule has 1 aliphatic rings. The van der Waals surface area contributed by atoms with Gasteiger partial charge in [0.2, 0.25) is 0 Å². The van der Waals surface area contributed by atoms with Gasteiger partial charge in [0, 0.05) is 6.07 Å². The Hall–Kier alpha value is -2.70.